The number of aryl methyl sites for hydroxylation is 1. The molecule has 2 aliphatic rings. The molecule has 0 bridgehead atoms. The van der Waals surface area contributed by atoms with Crippen LogP contribution in [0.2, 0.25) is 0 Å². The van der Waals surface area contributed by atoms with E-state index in [1.54, 1.807) is 26.4 Å². The quantitative estimate of drug-likeness (QED) is 0.365. The smallest absolute Gasteiger partial charge is 0.248 e. The summed E-state index contributed by atoms with van der Waals surface area (Å²) in [5.74, 6) is 3.19. The number of piperidine rings is 1. The van der Waals surface area contributed by atoms with Crippen LogP contribution in [0.1, 0.15) is 31.2 Å². The summed E-state index contributed by atoms with van der Waals surface area (Å²) in [6, 6.07) is 6.38. The number of rotatable bonds is 7. The zero-order valence-electron chi connectivity index (χ0n) is 22.6. The van der Waals surface area contributed by atoms with Gasteiger partial charge in [0.25, 0.3) is 0 Å². The number of nitrogens with one attached hydrogen (secondary N) is 1. The highest BCUT2D eigenvalue weighted by Gasteiger charge is 2.27. The lowest BCUT2D eigenvalue weighted by Gasteiger charge is -2.37. The summed E-state index contributed by atoms with van der Waals surface area (Å²) in [6.07, 6.45) is 8.35. The van der Waals surface area contributed by atoms with Gasteiger partial charge in [0.1, 0.15) is 12.1 Å². The van der Waals surface area contributed by atoms with Gasteiger partial charge in [-0.05, 0) is 63.4 Å². The molecule has 4 aromatic rings. The lowest BCUT2D eigenvalue weighted by atomic mass is 10.0. The average molecular weight is 531 g/mol. The van der Waals surface area contributed by atoms with Crippen molar-refractivity contribution in [2.45, 2.75) is 38.6 Å². The van der Waals surface area contributed by atoms with E-state index in [0.717, 1.165) is 30.2 Å². The number of methoxy groups -OCH3 is 2. The molecule has 1 aromatic carbocycles. The zero-order valence-corrected chi connectivity index (χ0v) is 22.6. The van der Waals surface area contributed by atoms with Crippen molar-refractivity contribution >= 4 is 34.3 Å². The Labute approximate surface area is 227 Å². The van der Waals surface area contributed by atoms with Crippen LogP contribution in [-0.4, -0.2) is 81.1 Å². The van der Waals surface area contributed by atoms with E-state index in [1.807, 2.05) is 6.20 Å². The SMILES string of the molecule is COc1cc2ncnc(-n3nc(Nc4cnc(N5CCC(N6CCCC6)CC5)c(C)c4)nc3N)c2cc1OC. The van der Waals surface area contributed by atoms with Crippen molar-refractivity contribution in [3.63, 3.8) is 0 Å². The van der Waals surface area contributed by atoms with Crippen LogP contribution in [0.15, 0.2) is 30.7 Å². The maximum absolute atomic E-state index is 6.26. The predicted molar refractivity (Wildman–Crippen MR) is 150 cm³/mol. The van der Waals surface area contributed by atoms with Gasteiger partial charge in [0.05, 0.1) is 31.6 Å². The molecule has 0 amide bonds. The fraction of sp³-hybridized carbons (Fsp3) is 0.444. The molecule has 12 heteroatoms. The Morgan fingerprint density at radius 2 is 1.67 bits per heavy atom. The van der Waals surface area contributed by atoms with E-state index < -0.39 is 0 Å². The molecule has 0 saturated carbocycles. The van der Waals surface area contributed by atoms with Crippen molar-refractivity contribution < 1.29 is 9.47 Å². The lowest BCUT2D eigenvalue weighted by molar-refractivity contribution is 0.207. The molecule has 6 rings (SSSR count). The minimum absolute atomic E-state index is 0.189. The fourth-order valence-corrected chi connectivity index (χ4v) is 5.72. The standard InChI is InChI=1S/C27H34N10O2/c1-17-12-18(15-29-24(17)36-10-6-19(7-11-36)35-8-4-5-9-35)32-27-33-26(28)37(34-27)25-20-13-22(38-2)23(39-3)14-21(20)30-16-31-25/h12-16,19H,4-11H2,1-3H3,(H3,28,32,33,34). The lowest BCUT2D eigenvalue weighted by Crippen LogP contribution is -2.44. The van der Waals surface area contributed by atoms with E-state index in [4.69, 9.17) is 20.2 Å². The van der Waals surface area contributed by atoms with Crippen LogP contribution in [0.4, 0.5) is 23.4 Å². The first kappa shape index (κ1) is 25.1. The Morgan fingerprint density at radius 1 is 0.923 bits per heavy atom. The summed E-state index contributed by atoms with van der Waals surface area (Å²) in [6.45, 7) is 6.68. The molecule has 12 nitrogen and oxygen atoms in total. The van der Waals surface area contributed by atoms with Crippen molar-refractivity contribution in [2.24, 2.45) is 0 Å². The highest BCUT2D eigenvalue weighted by Crippen LogP contribution is 2.34. The normalized spacial score (nSPS) is 16.6. The monoisotopic (exact) mass is 530 g/mol. The maximum Gasteiger partial charge on any atom is 0.248 e. The molecule has 39 heavy (non-hydrogen) atoms. The molecule has 2 aliphatic heterocycles. The number of ether oxygens (including phenoxy) is 2. The molecule has 0 aliphatic carbocycles. The van der Waals surface area contributed by atoms with Crippen LogP contribution in [-0.2, 0) is 0 Å². The maximum atomic E-state index is 6.26. The van der Waals surface area contributed by atoms with Crippen molar-refractivity contribution in [3.8, 4) is 17.3 Å². The molecule has 0 radical (unpaired) electrons. The molecule has 3 aromatic heterocycles. The van der Waals surface area contributed by atoms with Gasteiger partial charge >= 0.3 is 0 Å². The van der Waals surface area contributed by atoms with Crippen molar-refractivity contribution in [3.05, 3.63) is 36.3 Å². The van der Waals surface area contributed by atoms with Crippen LogP contribution in [0, 0.1) is 6.92 Å². The molecule has 5 heterocycles. The number of hydrogen-bond donors (Lipinski definition) is 2. The van der Waals surface area contributed by atoms with Gasteiger partial charge in [-0.1, -0.05) is 0 Å². The van der Waals surface area contributed by atoms with Gasteiger partial charge in [-0.25, -0.2) is 15.0 Å². The Hall–Kier alpha value is -4.19. The number of nitrogens with two attached hydrogens (primary N) is 1. The molecule has 2 fully saturated rings. The van der Waals surface area contributed by atoms with Gasteiger partial charge in [0, 0.05) is 30.6 Å². The minimum Gasteiger partial charge on any atom is -0.493 e. The first-order valence-corrected chi connectivity index (χ1v) is 13.4. The third-order valence-electron chi connectivity index (χ3n) is 7.68. The zero-order chi connectivity index (χ0) is 26.9. The van der Waals surface area contributed by atoms with Gasteiger partial charge in [0.2, 0.25) is 11.9 Å². The van der Waals surface area contributed by atoms with E-state index >= 15 is 0 Å². The fourth-order valence-electron chi connectivity index (χ4n) is 5.72. The highest BCUT2D eigenvalue weighted by atomic mass is 16.5. The van der Waals surface area contributed by atoms with Crippen LogP contribution in [0.5, 0.6) is 11.5 Å². The molecule has 2 saturated heterocycles. The first-order valence-electron chi connectivity index (χ1n) is 13.4. The summed E-state index contributed by atoms with van der Waals surface area (Å²) < 4.78 is 12.3. The van der Waals surface area contributed by atoms with E-state index in [1.165, 1.54) is 49.8 Å². The number of fused-ring (bicyclic) bond motifs is 1. The van der Waals surface area contributed by atoms with Crippen LogP contribution in [0.25, 0.3) is 16.7 Å². The van der Waals surface area contributed by atoms with Crippen LogP contribution in [0.3, 0.4) is 0 Å². The first-order chi connectivity index (χ1) is 19.0. The Kier molecular flexibility index (Phi) is 6.77. The number of nitrogens with zero attached hydrogens (tertiary/aromatic N) is 8. The minimum atomic E-state index is 0.189. The third kappa shape index (κ3) is 4.87. The van der Waals surface area contributed by atoms with Crippen LogP contribution < -0.4 is 25.4 Å². The summed E-state index contributed by atoms with van der Waals surface area (Å²) in [5.41, 5.74) is 8.83. The second-order valence-electron chi connectivity index (χ2n) is 10.1. The van der Waals surface area contributed by atoms with E-state index in [0.29, 0.717) is 40.2 Å². The Balaban J connectivity index is 1.19. The number of benzene rings is 1. The largest absolute Gasteiger partial charge is 0.493 e. The van der Waals surface area contributed by atoms with Gasteiger partial charge in [0.15, 0.2) is 17.3 Å². The number of anilines is 4. The van der Waals surface area contributed by atoms with Crippen molar-refractivity contribution in [1.29, 1.82) is 0 Å². The number of likely N-dealkylation sites (tertiary alicyclic amines) is 1. The summed E-state index contributed by atoms with van der Waals surface area (Å²) in [4.78, 5) is 23.1. The van der Waals surface area contributed by atoms with Gasteiger partial charge in [-0.15, -0.1) is 5.10 Å². The van der Waals surface area contributed by atoms with E-state index in [9.17, 15) is 0 Å². The molecular formula is C27H34N10O2. The average Bonchev–Trinajstić information content (AvgIpc) is 3.62. The molecular weight excluding hydrogens is 496 g/mol. The van der Waals surface area contributed by atoms with Gasteiger partial charge in [-0.2, -0.15) is 9.67 Å². The number of pyridine rings is 1. The second-order valence-corrected chi connectivity index (χ2v) is 10.1. The highest BCUT2D eigenvalue weighted by molar-refractivity contribution is 5.88. The van der Waals surface area contributed by atoms with Crippen LogP contribution >= 0.6 is 0 Å². The summed E-state index contributed by atoms with van der Waals surface area (Å²) >= 11 is 0. The van der Waals surface area contributed by atoms with E-state index in [-0.39, 0.29) is 5.95 Å². The predicted octanol–water partition coefficient (Wildman–Crippen LogP) is 3.32. The molecule has 204 valence electrons. The van der Waals surface area contributed by atoms with Crippen molar-refractivity contribution in [1.82, 2.24) is 34.6 Å². The topological polar surface area (TPSA) is 132 Å². The van der Waals surface area contributed by atoms with E-state index in [2.05, 4.69) is 48.2 Å². The molecule has 0 unspecified atom stereocenters. The number of hydrogen-bond acceptors (Lipinski definition) is 11. The Morgan fingerprint density at radius 3 is 2.38 bits per heavy atom. The summed E-state index contributed by atoms with van der Waals surface area (Å²) in [7, 11) is 3.16. The number of aromatic nitrogens is 6. The van der Waals surface area contributed by atoms with Crippen molar-refractivity contribution in [2.75, 3.05) is 56.3 Å². The molecule has 0 spiro atoms. The van der Waals surface area contributed by atoms with Gasteiger partial charge < -0.3 is 30.3 Å². The molecule has 0 atom stereocenters. The second kappa shape index (κ2) is 10.5. The third-order valence-corrected chi connectivity index (χ3v) is 7.68. The summed E-state index contributed by atoms with van der Waals surface area (Å²) in [5, 5.41) is 8.52. The molecule has 3 N–H and O–H groups in total. The van der Waals surface area contributed by atoms with Gasteiger partial charge in [-0.3, -0.25) is 0 Å². The Bertz CT molecular complexity index is 1480. The number of nitrogen functional groups attached to an aromatic ring is 1.